The standard InChI is InChI=1S/C17H26N4/c1-4-7-15-11-14(13-18-8-5-2)12-17(20-15)21-10-9-19-16(21)6-3/h9-12,18H,4-8,13H2,1-3H3. The summed E-state index contributed by atoms with van der Waals surface area (Å²) in [6.07, 6.45) is 8.05. The molecule has 0 saturated heterocycles. The van der Waals surface area contributed by atoms with E-state index in [0.717, 1.165) is 50.4 Å². The molecule has 114 valence electrons. The van der Waals surface area contributed by atoms with E-state index in [0.29, 0.717) is 0 Å². The monoisotopic (exact) mass is 286 g/mol. The molecule has 0 amide bonds. The number of hydrogen-bond donors (Lipinski definition) is 1. The van der Waals surface area contributed by atoms with Crippen molar-refractivity contribution in [2.24, 2.45) is 0 Å². The lowest BCUT2D eigenvalue weighted by atomic mass is 10.1. The van der Waals surface area contributed by atoms with Crippen molar-refractivity contribution < 1.29 is 0 Å². The van der Waals surface area contributed by atoms with Crippen molar-refractivity contribution in [1.82, 2.24) is 19.9 Å². The highest BCUT2D eigenvalue weighted by Crippen LogP contribution is 2.14. The third-order valence-electron chi connectivity index (χ3n) is 3.47. The van der Waals surface area contributed by atoms with Crippen molar-refractivity contribution in [1.29, 1.82) is 0 Å². The number of nitrogens with zero attached hydrogens (tertiary/aromatic N) is 3. The van der Waals surface area contributed by atoms with Crippen LogP contribution in [0, 0.1) is 0 Å². The summed E-state index contributed by atoms with van der Waals surface area (Å²) in [4.78, 5) is 9.20. The second-order valence-electron chi connectivity index (χ2n) is 5.32. The minimum absolute atomic E-state index is 0.899. The zero-order chi connectivity index (χ0) is 15.1. The summed E-state index contributed by atoms with van der Waals surface area (Å²) in [6.45, 7) is 8.45. The van der Waals surface area contributed by atoms with Crippen molar-refractivity contribution in [2.45, 2.75) is 53.0 Å². The van der Waals surface area contributed by atoms with Gasteiger partial charge in [-0.2, -0.15) is 0 Å². The Morgan fingerprint density at radius 2 is 2.00 bits per heavy atom. The van der Waals surface area contributed by atoms with Gasteiger partial charge in [0.2, 0.25) is 0 Å². The van der Waals surface area contributed by atoms with Crippen molar-refractivity contribution in [3.63, 3.8) is 0 Å². The molecular formula is C17H26N4. The molecule has 0 bridgehead atoms. The molecule has 0 aliphatic heterocycles. The molecule has 0 fully saturated rings. The number of nitrogens with one attached hydrogen (secondary N) is 1. The Kier molecular flexibility index (Phi) is 5.93. The van der Waals surface area contributed by atoms with Crippen LogP contribution >= 0.6 is 0 Å². The Labute approximate surface area is 127 Å². The van der Waals surface area contributed by atoms with Crippen LogP contribution < -0.4 is 5.32 Å². The van der Waals surface area contributed by atoms with Crippen LogP contribution in [0.5, 0.6) is 0 Å². The smallest absolute Gasteiger partial charge is 0.138 e. The minimum atomic E-state index is 0.899. The number of imidazole rings is 1. The van der Waals surface area contributed by atoms with Gasteiger partial charge in [0, 0.05) is 31.1 Å². The summed E-state index contributed by atoms with van der Waals surface area (Å²) in [5.74, 6) is 2.05. The van der Waals surface area contributed by atoms with E-state index in [9.17, 15) is 0 Å². The quantitative estimate of drug-likeness (QED) is 0.757. The molecule has 1 N–H and O–H groups in total. The fourth-order valence-electron chi connectivity index (χ4n) is 2.46. The van der Waals surface area contributed by atoms with Gasteiger partial charge in [-0.1, -0.05) is 27.2 Å². The Hall–Kier alpha value is -1.68. The molecule has 0 saturated carbocycles. The molecule has 0 radical (unpaired) electrons. The Bertz CT molecular complexity index is 560. The minimum Gasteiger partial charge on any atom is -0.313 e. The summed E-state index contributed by atoms with van der Waals surface area (Å²) in [5, 5.41) is 3.47. The van der Waals surface area contributed by atoms with Crippen LogP contribution in [0.1, 0.15) is 50.7 Å². The Morgan fingerprint density at radius 1 is 1.14 bits per heavy atom. The highest BCUT2D eigenvalue weighted by molar-refractivity contribution is 5.32. The van der Waals surface area contributed by atoms with E-state index in [1.807, 2.05) is 12.4 Å². The number of aromatic nitrogens is 3. The highest BCUT2D eigenvalue weighted by atomic mass is 15.1. The number of rotatable bonds is 8. The van der Waals surface area contributed by atoms with Gasteiger partial charge in [0.15, 0.2) is 0 Å². The van der Waals surface area contributed by atoms with Gasteiger partial charge in [-0.15, -0.1) is 0 Å². The number of aryl methyl sites for hydroxylation is 2. The average Bonchev–Trinajstić information content (AvgIpc) is 2.96. The van der Waals surface area contributed by atoms with Gasteiger partial charge in [-0.25, -0.2) is 9.97 Å². The number of pyridine rings is 1. The molecule has 2 aromatic heterocycles. The second kappa shape index (κ2) is 7.93. The van der Waals surface area contributed by atoms with Crippen LogP contribution in [0.15, 0.2) is 24.5 Å². The molecular weight excluding hydrogens is 260 g/mol. The van der Waals surface area contributed by atoms with Crippen LogP contribution in [0.3, 0.4) is 0 Å². The molecule has 4 nitrogen and oxygen atoms in total. The molecule has 21 heavy (non-hydrogen) atoms. The molecule has 0 aliphatic carbocycles. The topological polar surface area (TPSA) is 42.7 Å². The van der Waals surface area contributed by atoms with Crippen LogP contribution in [-0.2, 0) is 19.4 Å². The zero-order valence-corrected chi connectivity index (χ0v) is 13.4. The maximum absolute atomic E-state index is 4.80. The summed E-state index contributed by atoms with van der Waals surface area (Å²) in [6, 6.07) is 4.39. The maximum Gasteiger partial charge on any atom is 0.138 e. The van der Waals surface area contributed by atoms with Gasteiger partial charge < -0.3 is 5.32 Å². The summed E-state index contributed by atoms with van der Waals surface area (Å²) in [7, 11) is 0. The summed E-state index contributed by atoms with van der Waals surface area (Å²) < 4.78 is 2.10. The SMILES string of the molecule is CCCNCc1cc(CCC)nc(-n2ccnc2CC)c1. The lowest BCUT2D eigenvalue weighted by Gasteiger charge is -2.11. The molecule has 0 aliphatic rings. The fraction of sp³-hybridized carbons (Fsp3) is 0.529. The highest BCUT2D eigenvalue weighted by Gasteiger charge is 2.08. The molecule has 2 rings (SSSR count). The largest absolute Gasteiger partial charge is 0.313 e. The first-order chi connectivity index (χ1) is 10.3. The van der Waals surface area contributed by atoms with E-state index in [4.69, 9.17) is 4.98 Å². The van der Waals surface area contributed by atoms with Gasteiger partial charge in [-0.05, 0) is 37.1 Å². The third-order valence-corrected chi connectivity index (χ3v) is 3.47. The normalized spacial score (nSPS) is 11.0. The van der Waals surface area contributed by atoms with E-state index < -0.39 is 0 Å². The van der Waals surface area contributed by atoms with Gasteiger partial charge in [0.25, 0.3) is 0 Å². The molecule has 0 atom stereocenters. The first-order valence-electron chi connectivity index (χ1n) is 8.01. The van der Waals surface area contributed by atoms with Gasteiger partial charge in [0.1, 0.15) is 11.6 Å². The third kappa shape index (κ3) is 4.14. The van der Waals surface area contributed by atoms with Crippen LogP contribution in [0.4, 0.5) is 0 Å². The average molecular weight is 286 g/mol. The van der Waals surface area contributed by atoms with Gasteiger partial charge >= 0.3 is 0 Å². The van der Waals surface area contributed by atoms with Gasteiger partial charge in [-0.3, -0.25) is 4.57 Å². The van der Waals surface area contributed by atoms with E-state index in [1.54, 1.807) is 0 Å². The zero-order valence-electron chi connectivity index (χ0n) is 13.4. The molecule has 4 heteroatoms. The van der Waals surface area contributed by atoms with Gasteiger partial charge in [0.05, 0.1) is 0 Å². The van der Waals surface area contributed by atoms with E-state index in [-0.39, 0.29) is 0 Å². The molecule has 0 unspecified atom stereocenters. The summed E-state index contributed by atoms with van der Waals surface area (Å²) in [5.41, 5.74) is 2.46. The lowest BCUT2D eigenvalue weighted by Crippen LogP contribution is -2.15. The fourth-order valence-corrected chi connectivity index (χ4v) is 2.46. The molecule has 2 aromatic rings. The predicted molar refractivity (Wildman–Crippen MR) is 86.7 cm³/mol. The first kappa shape index (κ1) is 15.7. The van der Waals surface area contributed by atoms with Crippen LogP contribution in [0.25, 0.3) is 5.82 Å². The molecule has 0 aromatic carbocycles. The van der Waals surface area contributed by atoms with Crippen molar-refractivity contribution in [3.05, 3.63) is 41.6 Å². The lowest BCUT2D eigenvalue weighted by molar-refractivity contribution is 0.672. The predicted octanol–water partition coefficient (Wildman–Crippen LogP) is 3.28. The van der Waals surface area contributed by atoms with E-state index >= 15 is 0 Å². The van der Waals surface area contributed by atoms with Crippen LogP contribution in [-0.4, -0.2) is 21.1 Å². The number of hydrogen-bond acceptors (Lipinski definition) is 3. The Balaban J connectivity index is 2.30. The van der Waals surface area contributed by atoms with E-state index in [2.05, 4.69) is 47.8 Å². The second-order valence-corrected chi connectivity index (χ2v) is 5.32. The summed E-state index contributed by atoms with van der Waals surface area (Å²) >= 11 is 0. The van der Waals surface area contributed by atoms with E-state index in [1.165, 1.54) is 11.3 Å². The first-order valence-corrected chi connectivity index (χ1v) is 8.01. The van der Waals surface area contributed by atoms with Crippen molar-refractivity contribution in [2.75, 3.05) is 6.54 Å². The molecule has 2 heterocycles. The van der Waals surface area contributed by atoms with Crippen molar-refractivity contribution in [3.8, 4) is 5.82 Å². The van der Waals surface area contributed by atoms with Crippen LogP contribution in [0.2, 0.25) is 0 Å². The maximum atomic E-state index is 4.80. The Morgan fingerprint density at radius 3 is 2.71 bits per heavy atom. The van der Waals surface area contributed by atoms with Crippen molar-refractivity contribution >= 4 is 0 Å². The molecule has 0 spiro atoms.